The zero-order chi connectivity index (χ0) is 12.4. The average molecular weight is 336 g/mol. The SMILES string of the molecule is OC(Cc1c(Cl)cccc1Cl)c1occc1Br. The van der Waals surface area contributed by atoms with Crippen molar-refractivity contribution < 1.29 is 9.52 Å². The summed E-state index contributed by atoms with van der Waals surface area (Å²) in [5.74, 6) is 0.473. The van der Waals surface area contributed by atoms with Crippen LogP contribution < -0.4 is 0 Å². The number of aliphatic hydroxyl groups is 1. The summed E-state index contributed by atoms with van der Waals surface area (Å²) in [4.78, 5) is 0. The largest absolute Gasteiger partial charge is 0.465 e. The van der Waals surface area contributed by atoms with E-state index in [4.69, 9.17) is 27.6 Å². The molecule has 2 aromatic rings. The molecule has 2 nitrogen and oxygen atoms in total. The van der Waals surface area contributed by atoms with Crippen LogP contribution in [0.25, 0.3) is 0 Å². The lowest BCUT2D eigenvalue weighted by atomic mass is 10.1. The zero-order valence-electron chi connectivity index (χ0n) is 8.66. The average Bonchev–Trinajstić information content (AvgIpc) is 2.70. The highest BCUT2D eigenvalue weighted by Gasteiger charge is 2.18. The number of aliphatic hydroxyl groups excluding tert-OH is 1. The molecule has 1 heterocycles. The maximum Gasteiger partial charge on any atom is 0.146 e. The van der Waals surface area contributed by atoms with Crippen molar-refractivity contribution in [1.29, 1.82) is 0 Å². The van der Waals surface area contributed by atoms with Crippen LogP contribution in [0.15, 0.2) is 39.4 Å². The van der Waals surface area contributed by atoms with E-state index in [9.17, 15) is 5.11 Å². The molecule has 0 fully saturated rings. The van der Waals surface area contributed by atoms with Gasteiger partial charge in [0.05, 0.1) is 10.7 Å². The third-order valence-corrected chi connectivity index (χ3v) is 3.77. The fraction of sp³-hybridized carbons (Fsp3) is 0.167. The van der Waals surface area contributed by atoms with Gasteiger partial charge in [0.15, 0.2) is 0 Å². The van der Waals surface area contributed by atoms with Gasteiger partial charge in [-0.2, -0.15) is 0 Å². The van der Waals surface area contributed by atoms with Gasteiger partial charge in [0.1, 0.15) is 11.9 Å². The predicted molar refractivity (Wildman–Crippen MR) is 71.5 cm³/mol. The number of hydrogen-bond acceptors (Lipinski definition) is 2. The van der Waals surface area contributed by atoms with Gasteiger partial charge in [-0.1, -0.05) is 29.3 Å². The molecule has 90 valence electrons. The first-order valence-corrected chi connectivity index (χ1v) is 6.48. The maximum atomic E-state index is 10.1. The highest BCUT2D eigenvalue weighted by molar-refractivity contribution is 9.10. The van der Waals surface area contributed by atoms with Crippen LogP contribution in [0, 0.1) is 0 Å². The summed E-state index contributed by atoms with van der Waals surface area (Å²) in [6.45, 7) is 0. The number of furan rings is 1. The highest BCUT2D eigenvalue weighted by atomic mass is 79.9. The third-order valence-electron chi connectivity index (χ3n) is 2.41. The Hall–Kier alpha value is -0.480. The lowest BCUT2D eigenvalue weighted by Crippen LogP contribution is -2.02. The van der Waals surface area contributed by atoms with E-state index in [0.717, 1.165) is 4.47 Å². The fourth-order valence-corrected chi connectivity index (χ4v) is 2.57. The van der Waals surface area contributed by atoms with E-state index in [1.807, 2.05) is 0 Å². The van der Waals surface area contributed by atoms with E-state index in [2.05, 4.69) is 15.9 Å². The molecule has 1 atom stereocenters. The summed E-state index contributed by atoms with van der Waals surface area (Å²) in [7, 11) is 0. The molecule has 0 bridgehead atoms. The molecule has 0 aliphatic heterocycles. The molecule has 0 aliphatic rings. The molecule has 0 amide bonds. The van der Waals surface area contributed by atoms with E-state index < -0.39 is 6.10 Å². The van der Waals surface area contributed by atoms with Gasteiger partial charge < -0.3 is 9.52 Å². The predicted octanol–water partition coefficient (Wildman–Crippen LogP) is 4.63. The maximum absolute atomic E-state index is 10.1. The van der Waals surface area contributed by atoms with Crippen molar-refractivity contribution in [2.75, 3.05) is 0 Å². The molecule has 0 saturated carbocycles. The Kier molecular flexibility index (Phi) is 4.15. The van der Waals surface area contributed by atoms with E-state index in [1.54, 1.807) is 24.3 Å². The van der Waals surface area contributed by atoms with Gasteiger partial charge in [0.2, 0.25) is 0 Å². The molecule has 0 radical (unpaired) electrons. The quantitative estimate of drug-likeness (QED) is 0.887. The summed E-state index contributed by atoms with van der Waals surface area (Å²) in [5, 5.41) is 11.1. The fourth-order valence-electron chi connectivity index (χ4n) is 1.56. The molecule has 17 heavy (non-hydrogen) atoms. The van der Waals surface area contributed by atoms with Crippen molar-refractivity contribution in [2.45, 2.75) is 12.5 Å². The minimum atomic E-state index is -0.781. The Morgan fingerprint density at radius 3 is 2.41 bits per heavy atom. The summed E-state index contributed by atoms with van der Waals surface area (Å²) < 4.78 is 5.92. The van der Waals surface area contributed by atoms with Crippen LogP contribution in [0.1, 0.15) is 17.4 Å². The second-order valence-electron chi connectivity index (χ2n) is 3.55. The van der Waals surface area contributed by atoms with Crippen LogP contribution in [-0.4, -0.2) is 5.11 Å². The number of rotatable bonds is 3. The standard InChI is InChI=1S/C12H9BrCl2O2/c13-8-4-5-17-12(8)11(16)6-7-9(14)2-1-3-10(7)15/h1-5,11,16H,6H2. The van der Waals surface area contributed by atoms with E-state index in [0.29, 0.717) is 27.8 Å². The van der Waals surface area contributed by atoms with Gasteiger partial charge in [-0.15, -0.1) is 0 Å². The van der Waals surface area contributed by atoms with Crippen LogP contribution in [0.5, 0.6) is 0 Å². The molecular formula is C12H9BrCl2O2. The number of hydrogen-bond donors (Lipinski definition) is 1. The van der Waals surface area contributed by atoms with Gasteiger partial charge >= 0.3 is 0 Å². The lowest BCUT2D eigenvalue weighted by molar-refractivity contribution is 0.149. The van der Waals surface area contributed by atoms with Crippen molar-refractivity contribution in [3.8, 4) is 0 Å². The molecule has 0 spiro atoms. The number of halogens is 3. The second kappa shape index (κ2) is 5.44. The third kappa shape index (κ3) is 2.86. The first-order valence-electron chi connectivity index (χ1n) is 4.93. The summed E-state index contributed by atoms with van der Waals surface area (Å²) >= 11 is 15.4. The van der Waals surface area contributed by atoms with E-state index in [1.165, 1.54) is 6.26 Å². The topological polar surface area (TPSA) is 33.4 Å². The molecule has 1 N–H and O–H groups in total. The molecule has 0 aliphatic carbocycles. The monoisotopic (exact) mass is 334 g/mol. The summed E-state index contributed by atoms with van der Waals surface area (Å²) in [6.07, 6.45) is 1.04. The lowest BCUT2D eigenvalue weighted by Gasteiger charge is -2.11. The Balaban J connectivity index is 2.25. The first kappa shape index (κ1) is 13.0. The van der Waals surface area contributed by atoms with Crippen molar-refractivity contribution in [3.05, 3.63) is 56.4 Å². The van der Waals surface area contributed by atoms with Gasteiger partial charge in [0.25, 0.3) is 0 Å². The molecule has 1 aromatic heterocycles. The van der Waals surface area contributed by atoms with E-state index in [-0.39, 0.29) is 0 Å². The summed E-state index contributed by atoms with van der Waals surface area (Å²) in [5.41, 5.74) is 0.714. The second-order valence-corrected chi connectivity index (χ2v) is 5.22. The molecule has 5 heteroatoms. The van der Waals surface area contributed by atoms with Gasteiger partial charge in [-0.3, -0.25) is 0 Å². The summed E-state index contributed by atoms with van der Waals surface area (Å²) in [6, 6.07) is 6.98. The molecular weight excluding hydrogens is 327 g/mol. The minimum Gasteiger partial charge on any atom is -0.465 e. The van der Waals surface area contributed by atoms with Crippen molar-refractivity contribution in [1.82, 2.24) is 0 Å². The zero-order valence-corrected chi connectivity index (χ0v) is 11.8. The van der Waals surface area contributed by atoms with Crippen LogP contribution in [-0.2, 0) is 6.42 Å². The van der Waals surface area contributed by atoms with Crippen molar-refractivity contribution >= 4 is 39.1 Å². The van der Waals surface area contributed by atoms with Crippen LogP contribution >= 0.6 is 39.1 Å². The normalized spacial score (nSPS) is 12.7. The van der Waals surface area contributed by atoms with Crippen LogP contribution in [0.3, 0.4) is 0 Å². The Labute approximate surface area is 117 Å². The smallest absolute Gasteiger partial charge is 0.146 e. The minimum absolute atomic E-state index is 0.310. The van der Waals surface area contributed by atoms with Crippen LogP contribution in [0.2, 0.25) is 10.0 Å². The first-order chi connectivity index (χ1) is 8.09. The Morgan fingerprint density at radius 2 is 1.88 bits per heavy atom. The molecule has 2 rings (SSSR count). The molecule has 1 unspecified atom stereocenters. The molecule has 1 aromatic carbocycles. The number of benzene rings is 1. The van der Waals surface area contributed by atoms with Gasteiger partial charge in [-0.25, -0.2) is 0 Å². The Morgan fingerprint density at radius 1 is 1.24 bits per heavy atom. The molecule has 0 saturated heterocycles. The van der Waals surface area contributed by atoms with Crippen molar-refractivity contribution in [3.63, 3.8) is 0 Å². The van der Waals surface area contributed by atoms with Gasteiger partial charge in [0, 0.05) is 16.5 Å². The van der Waals surface area contributed by atoms with Crippen LogP contribution in [0.4, 0.5) is 0 Å². The van der Waals surface area contributed by atoms with E-state index >= 15 is 0 Å². The van der Waals surface area contributed by atoms with Crippen molar-refractivity contribution in [2.24, 2.45) is 0 Å². The Bertz CT molecular complexity index is 505. The highest BCUT2D eigenvalue weighted by Crippen LogP contribution is 2.32. The van der Waals surface area contributed by atoms with Gasteiger partial charge in [-0.05, 0) is 39.7 Å².